The minimum Gasteiger partial charge on any atom is -0.411 e. The number of benzene rings is 1. The molecule has 0 aliphatic rings. The highest BCUT2D eigenvalue weighted by Crippen LogP contribution is 2.32. The highest BCUT2D eigenvalue weighted by molar-refractivity contribution is 8.02. The number of aryl methyl sites for hydroxylation is 1. The molecule has 1 aromatic carbocycles. The first kappa shape index (κ1) is 23.0. The Balaban J connectivity index is 1.33. The summed E-state index contributed by atoms with van der Waals surface area (Å²) >= 11 is 14.4. The molecular weight excluding hydrogens is 510 g/mol. The van der Waals surface area contributed by atoms with Crippen LogP contribution in [0.5, 0.6) is 0 Å². The van der Waals surface area contributed by atoms with Crippen molar-refractivity contribution in [2.75, 3.05) is 11.5 Å². The third-order valence-electron chi connectivity index (χ3n) is 3.97. The number of alkyl halides is 2. The van der Waals surface area contributed by atoms with Crippen molar-refractivity contribution in [3.05, 3.63) is 39.9 Å². The van der Waals surface area contributed by atoms with Gasteiger partial charge in [-0.25, -0.2) is 18.2 Å². The zero-order valence-corrected chi connectivity index (χ0v) is 19.2. The molecule has 15 heteroatoms. The quantitative estimate of drug-likeness (QED) is 0.184. The summed E-state index contributed by atoms with van der Waals surface area (Å²) in [5.41, 5.74) is 0.0327. The fraction of sp³-hybridized carbons (Fsp3) is 0.235. The third kappa shape index (κ3) is 5.05. The first-order chi connectivity index (χ1) is 15.3. The van der Waals surface area contributed by atoms with E-state index in [4.69, 9.17) is 27.6 Å². The summed E-state index contributed by atoms with van der Waals surface area (Å²) in [7, 11) is 1.53. The number of nitrogens with one attached hydrogen (secondary N) is 1. The van der Waals surface area contributed by atoms with Crippen LogP contribution in [-0.4, -0.2) is 46.7 Å². The van der Waals surface area contributed by atoms with E-state index in [1.807, 2.05) is 0 Å². The van der Waals surface area contributed by atoms with Crippen LogP contribution in [0.15, 0.2) is 33.1 Å². The number of rotatable bonds is 8. The van der Waals surface area contributed by atoms with E-state index in [1.165, 1.54) is 53.6 Å². The first-order valence-electron chi connectivity index (χ1n) is 8.80. The van der Waals surface area contributed by atoms with Crippen LogP contribution in [0.1, 0.15) is 12.1 Å². The molecule has 8 nitrogen and oxygen atoms in total. The van der Waals surface area contributed by atoms with Crippen molar-refractivity contribution in [3.63, 3.8) is 0 Å². The monoisotopic (exact) mass is 521 g/mol. The topological polar surface area (TPSA) is 98.3 Å². The molecule has 0 saturated heterocycles. The Kier molecular flexibility index (Phi) is 6.98. The molecule has 0 saturated carbocycles. The largest absolute Gasteiger partial charge is 0.411 e. The van der Waals surface area contributed by atoms with Crippen molar-refractivity contribution in [3.8, 4) is 22.8 Å². The first-order valence-corrected chi connectivity index (χ1v) is 11.5. The molecule has 32 heavy (non-hydrogen) atoms. The van der Waals surface area contributed by atoms with Crippen LogP contribution in [0.3, 0.4) is 0 Å². The fourth-order valence-corrected chi connectivity index (χ4v) is 4.60. The van der Waals surface area contributed by atoms with E-state index < -0.39 is 17.9 Å². The molecule has 0 fully saturated rings. The predicted molar refractivity (Wildman–Crippen MR) is 115 cm³/mol. The maximum absolute atomic E-state index is 13.7. The molecule has 168 valence electrons. The third-order valence-corrected chi connectivity index (χ3v) is 6.50. The maximum atomic E-state index is 13.7. The lowest BCUT2D eigenvalue weighted by atomic mass is 10.2. The highest BCUT2D eigenvalue weighted by Gasteiger charge is 2.23. The van der Waals surface area contributed by atoms with Crippen molar-refractivity contribution < 1.29 is 17.6 Å². The summed E-state index contributed by atoms with van der Waals surface area (Å²) in [6, 6.07) is 2.48. The van der Waals surface area contributed by atoms with E-state index in [9.17, 15) is 13.2 Å². The predicted octanol–water partition coefficient (Wildman–Crippen LogP) is 5.52. The van der Waals surface area contributed by atoms with Gasteiger partial charge in [0, 0.05) is 30.3 Å². The van der Waals surface area contributed by atoms with Gasteiger partial charge in [-0.1, -0.05) is 46.7 Å². The van der Waals surface area contributed by atoms with E-state index in [-0.39, 0.29) is 26.7 Å². The lowest BCUT2D eigenvalue weighted by Gasteiger charge is -2.01. The molecule has 1 N–H and O–H groups in total. The molecule has 0 bridgehead atoms. The molecule has 0 radical (unpaired) electrons. The van der Waals surface area contributed by atoms with Crippen LogP contribution in [-0.2, 0) is 7.05 Å². The molecule has 4 aromatic rings. The normalized spacial score (nSPS) is 11.6. The van der Waals surface area contributed by atoms with E-state index in [1.54, 1.807) is 0 Å². The molecule has 4 rings (SSSR count). The van der Waals surface area contributed by atoms with Crippen LogP contribution >= 0.6 is 46.7 Å². The van der Waals surface area contributed by atoms with Gasteiger partial charge in [0.05, 0.1) is 15.6 Å². The molecule has 0 amide bonds. The fourth-order valence-electron chi connectivity index (χ4n) is 2.61. The zero-order valence-electron chi connectivity index (χ0n) is 16.0. The molecule has 0 spiro atoms. The summed E-state index contributed by atoms with van der Waals surface area (Å²) in [5.74, 6) is 0.820. The molecule has 0 unspecified atom stereocenters. The number of H-pyrrole nitrogens is 1. The second kappa shape index (κ2) is 9.73. The number of nitrogens with zero attached hydrogens (tertiary/aromatic N) is 6. The van der Waals surface area contributed by atoms with Crippen molar-refractivity contribution in [1.29, 1.82) is 0 Å². The average Bonchev–Trinajstić information content (AvgIpc) is 3.47. The van der Waals surface area contributed by atoms with Gasteiger partial charge in [-0.3, -0.25) is 9.78 Å². The van der Waals surface area contributed by atoms with Crippen molar-refractivity contribution >= 4 is 46.7 Å². The average molecular weight is 522 g/mol. The van der Waals surface area contributed by atoms with E-state index in [2.05, 4.69) is 30.5 Å². The van der Waals surface area contributed by atoms with Crippen molar-refractivity contribution in [2.24, 2.45) is 7.05 Å². The van der Waals surface area contributed by atoms with Crippen LogP contribution < -0.4 is 0 Å². The summed E-state index contributed by atoms with van der Waals surface area (Å²) in [6.45, 7) is 0. The Hall–Kier alpha value is -2.22. The van der Waals surface area contributed by atoms with Crippen LogP contribution in [0.4, 0.5) is 13.2 Å². The van der Waals surface area contributed by atoms with E-state index in [0.717, 1.165) is 0 Å². The summed E-state index contributed by atoms with van der Waals surface area (Å²) in [4.78, 5) is 4.29. The molecule has 0 aliphatic carbocycles. The highest BCUT2D eigenvalue weighted by atomic mass is 35.5. The smallest absolute Gasteiger partial charge is 0.282 e. The van der Waals surface area contributed by atoms with Gasteiger partial charge in [-0.2, -0.15) is 5.10 Å². The van der Waals surface area contributed by atoms with Gasteiger partial charge in [-0.05, 0) is 12.1 Å². The van der Waals surface area contributed by atoms with Crippen LogP contribution in [0.2, 0.25) is 10.0 Å². The van der Waals surface area contributed by atoms with Crippen LogP contribution in [0.25, 0.3) is 22.8 Å². The summed E-state index contributed by atoms with van der Waals surface area (Å²) in [6.07, 6.45) is -1.35. The number of thioether (sulfide) groups is 2. The number of hydrogen-bond donors (Lipinski definition) is 1. The Morgan fingerprint density at radius 2 is 1.91 bits per heavy atom. The molecule has 0 aliphatic heterocycles. The molecule has 0 atom stereocenters. The Labute approximate surface area is 197 Å². The van der Waals surface area contributed by atoms with Gasteiger partial charge in [0.25, 0.3) is 17.5 Å². The van der Waals surface area contributed by atoms with Gasteiger partial charge in [0.15, 0.2) is 5.82 Å². The number of halogens is 5. The Morgan fingerprint density at radius 1 is 1.12 bits per heavy atom. The van der Waals surface area contributed by atoms with E-state index >= 15 is 0 Å². The number of aromatic amines is 1. The van der Waals surface area contributed by atoms with Gasteiger partial charge in [0.2, 0.25) is 5.16 Å². The van der Waals surface area contributed by atoms with Crippen LogP contribution in [0, 0.1) is 5.82 Å². The van der Waals surface area contributed by atoms with Crippen molar-refractivity contribution in [1.82, 2.24) is 35.2 Å². The van der Waals surface area contributed by atoms with Gasteiger partial charge in [-0.15, -0.1) is 15.3 Å². The number of aromatic nitrogens is 7. The minimum atomic E-state index is -2.75. The lowest BCUT2D eigenvalue weighted by molar-refractivity contribution is 0.145. The van der Waals surface area contributed by atoms with Gasteiger partial charge < -0.3 is 4.42 Å². The number of hydrogen-bond acceptors (Lipinski definition) is 8. The minimum absolute atomic E-state index is 0.0192. The molecule has 3 aromatic heterocycles. The Bertz CT molecular complexity index is 1250. The second-order valence-corrected chi connectivity index (χ2v) is 9.11. The van der Waals surface area contributed by atoms with Gasteiger partial charge in [0.1, 0.15) is 11.5 Å². The lowest BCUT2D eigenvalue weighted by Crippen LogP contribution is -1.91. The van der Waals surface area contributed by atoms with E-state index in [0.29, 0.717) is 28.0 Å². The molecular formula is C17H12Cl2F3N7OS2. The second-order valence-electron chi connectivity index (χ2n) is 6.19. The summed E-state index contributed by atoms with van der Waals surface area (Å²) < 4.78 is 46.6. The van der Waals surface area contributed by atoms with Gasteiger partial charge >= 0.3 is 0 Å². The van der Waals surface area contributed by atoms with Crippen molar-refractivity contribution in [2.45, 2.75) is 16.8 Å². The Morgan fingerprint density at radius 3 is 2.69 bits per heavy atom. The summed E-state index contributed by atoms with van der Waals surface area (Å²) in [5, 5.41) is 19.0. The maximum Gasteiger partial charge on any atom is 0.282 e. The molecule has 3 heterocycles. The zero-order chi connectivity index (χ0) is 22.8. The SMILES string of the molecule is Cn1cc(-c2nnc(SCCSc3n[nH]c(-c4cc(F)c(Cl)cc4Cl)n3)o2)c(C(F)F)n1. The standard InChI is InChI=1S/C17H12Cl2F3N7OS2/c1-29-6-8(12(28-29)13(21)22)15-25-27-17(30-15)32-3-2-31-16-23-14(24-26-16)7-4-11(20)10(19)5-9(7)18/h4-6,13H,2-3H2,1H3,(H,23,24,26).